The zero-order valence-electron chi connectivity index (χ0n) is 18.6. The second-order valence-corrected chi connectivity index (χ2v) is 8.67. The van der Waals surface area contributed by atoms with Crippen LogP contribution in [0.25, 0.3) is 0 Å². The highest BCUT2D eigenvalue weighted by Gasteiger charge is 2.34. The summed E-state index contributed by atoms with van der Waals surface area (Å²) in [4.78, 5) is 21.1. The van der Waals surface area contributed by atoms with E-state index < -0.39 is 0 Å². The number of carbonyl (C=O) groups excluding carboxylic acids is 1. The number of carbonyl (C=O) groups is 1. The molecule has 0 radical (unpaired) electrons. The third kappa shape index (κ3) is 4.92. The molecule has 1 unspecified atom stereocenters. The Bertz CT molecular complexity index is 988. The summed E-state index contributed by atoms with van der Waals surface area (Å²) in [7, 11) is 0. The van der Waals surface area contributed by atoms with Crippen molar-refractivity contribution in [3.63, 3.8) is 0 Å². The van der Waals surface area contributed by atoms with Crippen molar-refractivity contribution >= 4 is 5.78 Å². The molecule has 0 aliphatic carbocycles. The SMILES string of the molecule is CC(=O)c1ccc(C(c2ccccc2)N2C[C@@H](C)N(Cc3ccncc3)C[C@@H]2C)cc1. The van der Waals surface area contributed by atoms with Gasteiger partial charge in [-0.3, -0.25) is 19.6 Å². The molecule has 1 saturated heterocycles. The van der Waals surface area contributed by atoms with E-state index in [0.29, 0.717) is 12.1 Å². The third-order valence-electron chi connectivity index (χ3n) is 6.38. The fraction of sp³-hybridized carbons (Fsp3) is 0.333. The minimum Gasteiger partial charge on any atom is -0.295 e. The molecule has 1 aliphatic rings. The van der Waals surface area contributed by atoms with Gasteiger partial charge in [0.2, 0.25) is 0 Å². The van der Waals surface area contributed by atoms with Crippen molar-refractivity contribution in [2.75, 3.05) is 13.1 Å². The highest BCUT2D eigenvalue weighted by molar-refractivity contribution is 5.94. The van der Waals surface area contributed by atoms with Gasteiger partial charge in [0.15, 0.2) is 5.78 Å². The Labute approximate surface area is 185 Å². The highest BCUT2D eigenvalue weighted by Crippen LogP contribution is 2.33. The van der Waals surface area contributed by atoms with Crippen LogP contribution in [0.4, 0.5) is 0 Å². The fourth-order valence-electron chi connectivity index (χ4n) is 4.64. The standard InChI is InChI=1S/C27H31N3O/c1-20-18-30(21(2)17-29(20)19-23-13-15-28-16-14-23)27(25-7-5-4-6-8-25)26-11-9-24(10-12-26)22(3)31/h4-16,20-21,27H,17-19H2,1-3H3/t20-,21+,27?/m1/s1. The molecule has 31 heavy (non-hydrogen) atoms. The van der Waals surface area contributed by atoms with Gasteiger partial charge < -0.3 is 0 Å². The van der Waals surface area contributed by atoms with Crippen LogP contribution in [0.2, 0.25) is 0 Å². The minimum atomic E-state index is 0.106. The van der Waals surface area contributed by atoms with Gasteiger partial charge in [0.05, 0.1) is 6.04 Å². The van der Waals surface area contributed by atoms with Crippen LogP contribution in [0.15, 0.2) is 79.1 Å². The van der Waals surface area contributed by atoms with Crippen molar-refractivity contribution in [2.24, 2.45) is 0 Å². The van der Waals surface area contributed by atoms with Crippen LogP contribution in [-0.4, -0.2) is 45.7 Å². The molecular formula is C27H31N3O. The van der Waals surface area contributed by atoms with Gasteiger partial charge in [0.1, 0.15) is 0 Å². The second kappa shape index (κ2) is 9.54. The normalized spacial score (nSPS) is 21.0. The molecular weight excluding hydrogens is 382 g/mol. The summed E-state index contributed by atoms with van der Waals surface area (Å²) in [5, 5.41) is 0. The molecule has 4 heteroatoms. The van der Waals surface area contributed by atoms with Crippen molar-refractivity contribution in [2.45, 2.75) is 45.4 Å². The molecule has 0 amide bonds. The van der Waals surface area contributed by atoms with E-state index in [-0.39, 0.29) is 11.8 Å². The molecule has 1 aromatic heterocycles. The number of nitrogens with zero attached hydrogens (tertiary/aromatic N) is 3. The molecule has 2 heterocycles. The summed E-state index contributed by atoms with van der Waals surface area (Å²) in [6.07, 6.45) is 3.74. The molecule has 1 aliphatic heterocycles. The summed E-state index contributed by atoms with van der Waals surface area (Å²) in [6.45, 7) is 9.21. The van der Waals surface area contributed by atoms with Gasteiger partial charge in [-0.25, -0.2) is 0 Å². The van der Waals surface area contributed by atoms with E-state index in [4.69, 9.17) is 0 Å². The largest absolute Gasteiger partial charge is 0.295 e. The van der Waals surface area contributed by atoms with Crippen molar-refractivity contribution in [1.82, 2.24) is 14.8 Å². The lowest BCUT2D eigenvalue weighted by Crippen LogP contribution is -2.56. The van der Waals surface area contributed by atoms with Gasteiger partial charge in [0.25, 0.3) is 0 Å². The van der Waals surface area contributed by atoms with Gasteiger partial charge in [-0.15, -0.1) is 0 Å². The van der Waals surface area contributed by atoms with Gasteiger partial charge in [0, 0.05) is 49.7 Å². The fourth-order valence-corrected chi connectivity index (χ4v) is 4.64. The van der Waals surface area contributed by atoms with Crippen LogP contribution in [0.1, 0.15) is 53.9 Å². The maximum atomic E-state index is 11.8. The van der Waals surface area contributed by atoms with Crippen LogP contribution in [0, 0.1) is 0 Å². The molecule has 3 aromatic rings. The summed E-state index contributed by atoms with van der Waals surface area (Å²) >= 11 is 0. The topological polar surface area (TPSA) is 36.4 Å². The number of hydrogen-bond donors (Lipinski definition) is 0. The Morgan fingerprint density at radius 3 is 2.19 bits per heavy atom. The van der Waals surface area contributed by atoms with E-state index >= 15 is 0 Å². The van der Waals surface area contributed by atoms with Crippen LogP contribution in [-0.2, 0) is 6.54 Å². The van der Waals surface area contributed by atoms with Crippen molar-refractivity contribution in [1.29, 1.82) is 0 Å². The number of hydrogen-bond acceptors (Lipinski definition) is 4. The van der Waals surface area contributed by atoms with Gasteiger partial charge >= 0.3 is 0 Å². The van der Waals surface area contributed by atoms with E-state index in [0.717, 1.165) is 25.2 Å². The van der Waals surface area contributed by atoms with Crippen LogP contribution < -0.4 is 0 Å². The Hall–Kier alpha value is -2.82. The number of aromatic nitrogens is 1. The first kappa shape index (κ1) is 21.4. The quantitative estimate of drug-likeness (QED) is 0.535. The van der Waals surface area contributed by atoms with E-state index in [2.05, 4.69) is 83.2 Å². The summed E-state index contributed by atoms with van der Waals surface area (Å²) in [5.41, 5.74) is 4.60. The third-order valence-corrected chi connectivity index (χ3v) is 6.38. The molecule has 0 N–H and O–H groups in total. The average molecular weight is 414 g/mol. The van der Waals surface area contributed by atoms with E-state index in [1.54, 1.807) is 6.92 Å². The number of ketones is 1. The number of pyridine rings is 1. The lowest BCUT2D eigenvalue weighted by atomic mass is 9.92. The molecule has 4 rings (SSSR count). The first-order valence-corrected chi connectivity index (χ1v) is 11.1. The number of piperazine rings is 1. The summed E-state index contributed by atoms with van der Waals surface area (Å²) in [5.74, 6) is 0.106. The number of rotatable bonds is 6. The summed E-state index contributed by atoms with van der Waals surface area (Å²) < 4.78 is 0. The van der Waals surface area contributed by atoms with E-state index in [9.17, 15) is 4.79 Å². The molecule has 3 atom stereocenters. The lowest BCUT2D eigenvalue weighted by Gasteiger charge is -2.47. The molecule has 0 saturated carbocycles. The minimum absolute atomic E-state index is 0.106. The molecule has 160 valence electrons. The van der Waals surface area contributed by atoms with Crippen molar-refractivity contribution < 1.29 is 4.79 Å². The van der Waals surface area contributed by atoms with Crippen LogP contribution in [0.3, 0.4) is 0 Å². The number of Topliss-reactive ketones (excluding diaryl/α,β-unsaturated/α-hetero) is 1. The zero-order chi connectivity index (χ0) is 21.8. The Morgan fingerprint density at radius 1 is 0.903 bits per heavy atom. The van der Waals surface area contributed by atoms with E-state index in [1.165, 1.54) is 16.7 Å². The maximum Gasteiger partial charge on any atom is 0.159 e. The molecule has 4 nitrogen and oxygen atoms in total. The van der Waals surface area contributed by atoms with Crippen LogP contribution >= 0.6 is 0 Å². The monoisotopic (exact) mass is 413 g/mol. The first-order valence-electron chi connectivity index (χ1n) is 11.1. The molecule has 2 aromatic carbocycles. The lowest BCUT2D eigenvalue weighted by molar-refractivity contribution is 0.0195. The molecule has 1 fully saturated rings. The highest BCUT2D eigenvalue weighted by atomic mass is 16.1. The average Bonchev–Trinajstić information content (AvgIpc) is 2.79. The smallest absolute Gasteiger partial charge is 0.159 e. The first-order chi connectivity index (χ1) is 15.0. The predicted molar refractivity (Wildman–Crippen MR) is 125 cm³/mol. The zero-order valence-corrected chi connectivity index (χ0v) is 18.6. The van der Waals surface area contributed by atoms with Gasteiger partial charge in [-0.05, 0) is 49.6 Å². The van der Waals surface area contributed by atoms with E-state index in [1.807, 2.05) is 24.5 Å². The Balaban J connectivity index is 1.60. The second-order valence-electron chi connectivity index (χ2n) is 8.67. The Kier molecular flexibility index (Phi) is 6.59. The van der Waals surface area contributed by atoms with Gasteiger partial charge in [-0.1, -0.05) is 54.6 Å². The molecule has 0 bridgehead atoms. The van der Waals surface area contributed by atoms with Crippen LogP contribution in [0.5, 0.6) is 0 Å². The van der Waals surface area contributed by atoms with Gasteiger partial charge in [-0.2, -0.15) is 0 Å². The molecule has 0 spiro atoms. The van der Waals surface area contributed by atoms with Crippen molar-refractivity contribution in [3.05, 3.63) is 101 Å². The maximum absolute atomic E-state index is 11.8. The Morgan fingerprint density at radius 2 is 1.55 bits per heavy atom. The predicted octanol–water partition coefficient (Wildman–Crippen LogP) is 4.97. The number of benzene rings is 2. The summed E-state index contributed by atoms with van der Waals surface area (Å²) in [6, 6.07) is 24.1. The van der Waals surface area contributed by atoms with Crippen molar-refractivity contribution in [3.8, 4) is 0 Å².